The van der Waals surface area contributed by atoms with Crippen LogP contribution < -0.4 is 0 Å². The second kappa shape index (κ2) is 5.40. The fourth-order valence-corrected chi connectivity index (χ4v) is 2.92. The molecule has 0 aliphatic rings. The van der Waals surface area contributed by atoms with E-state index in [0.29, 0.717) is 0 Å². The number of nitriles is 1. The Morgan fingerprint density at radius 3 is 2.55 bits per heavy atom. The standard InChI is InChI=1S/C16H13N3S/c1-12(11-17)20-16-18-14-9-5-6-10-15(14)19(16)13-7-3-2-4-8-13/h2-10,12H,1H3. The average Bonchev–Trinajstić information content (AvgIpc) is 2.85. The normalized spacial score (nSPS) is 12.2. The summed E-state index contributed by atoms with van der Waals surface area (Å²) in [5.74, 6) is 0. The molecule has 0 saturated heterocycles. The van der Waals surface area contributed by atoms with Gasteiger partial charge in [-0.15, -0.1) is 0 Å². The minimum atomic E-state index is -0.130. The minimum Gasteiger partial charge on any atom is -0.287 e. The third kappa shape index (κ3) is 2.28. The van der Waals surface area contributed by atoms with Crippen LogP contribution >= 0.6 is 11.8 Å². The van der Waals surface area contributed by atoms with Gasteiger partial charge >= 0.3 is 0 Å². The number of hydrogen-bond acceptors (Lipinski definition) is 3. The molecule has 3 aromatic rings. The molecule has 1 unspecified atom stereocenters. The van der Waals surface area contributed by atoms with Crippen molar-refractivity contribution < 1.29 is 0 Å². The van der Waals surface area contributed by atoms with Crippen molar-refractivity contribution in [3.63, 3.8) is 0 Å². The van der Waals surface area contributed by atoms with Gasteiger partial charge in [-0.3, -0.25) is 4.57 Å². The van der Waals surface area contributed by atoms with Crippen molar-refractivity contribution in [3.05, 3.63) is 54.6 Å². The van der Waals surface area contributed by atoms with E-state index in [1.54, 1.807) is 0 Å². The van der Waals surface area contributed by atoms with E-state index in [1.807, 2.05) is 43.3 Å². The lowest BCUT2D eigenvalue weighted by atomic mass is 10.3. The van der Waals surface area contributed by atoms with Gasteiger partial charge in [-0.2, -0.15) is 5.26 Å². The number of nitrogens with zero attached hydrogens (tertiary/aromatic N) is 3. The lowest BCUT2D eigenvalue weighted by molar-refractivity contribution is 0.916. The van der Waals surface area contributed by atoms with Crippen molar-refractivity contribution in [2.24, 2.45) is 0 Å². The van der Waals surface area contributed by atoms with Crippen LogP contribution in [0.3, 0.4) is 0 Å². The van der Waals surface area contributed by atoms with Crippen molar-refractivity contribution in [1.29, 1.82) is 5.26 Å². The third-order valence-electron chi connectivity index (χ3n) is 3.01. The molecule has 1 aromatic heterocycles. The van der Waals surface area contributed by atoms with Crippen LogP contribution in [0.2, 0.25) is 0 Å². The van der Waals surface area contributed by atoms with Crippen LogP contribution in [0, 0.1) is 11.3 Å². The molecular weight excluding hydrogens is 266 g/mol. The fourth-order valence-electron chi connectivity index (χ4n) is 2.09. The van der Waals surface area contributed by atoms with Crippen LogP contribution in [0.25, 0.3) is 16.7 Å². The summed E-state index contributed by atoms with van der Waals surface area (Å²) >= 11 is 1.48. The SMILES string of the molecule is CC(C#N)Sc1nc2ccccc2n1-c1ccccc1. The summed E-state index contributed by atoms with van der Waals surface area (Å²) in [6.45, 7) is 1.89. The van der Waals surface area contributed by atoms with Crippen LogP contribution in [0.15, 0.2) is 59.8 Å². The summed E-state index contributed by atoms with van der Waals surface area (Å²) in [4.78, 5) is 4.65. The van der Waals surface area contributed by atoms with Gasteiger partial charge in [-0.05, 0) is 31.2 Å². The van der Waals surface area contributed by atoms with Crippen LogP contribution in [-0.2, 0) is 0 Å². The van der Waals surface area contributed by atoms with E-state index in [4.69, 9.17) is 5.26 Å². The Balaban J connectivity index is 2.21. The van der Waals surface area contributed by atoms with Gasteiger partial charge in [0.25, 0.3) is 0 Å². The van der Waals surface area contributed by atoms with Gasteiger partial charge in [0.2, 0.25) is 0 Å². The molecule has 20 heavy (non-hydrogen) atoms. The van der Waals surface area contributed by atoms with Crippen molar-refractivity contribution >= 4 is 22.8 Å². The summed E-state index contributed by atoms with van der Waals surface area (Å²) in [6.07, 6.45) is 0. The van der Waals surface area contributed by atoms with Gasteiger partial charge in [-0.25, -0.2) is 4.98 Å². The van der Waals surface area contributed by atoms with Gasteiger partial charge in [0, 0.05) is 5.69 Å². The number of imidazole rings is 1. The first-order chi connectivity index (χ1) is 9.79. The maximum absolute atomic E-state index is 9.02. The predicted molar refractivity (Wildman–Crippen MR) is 82.0 cm³/mol. The van der Waals surface area contributed by atoms with Gasteiger partial charge in [0.15, 0.2) is 5.16 Å². The Hall–Kier alpha value is -2.25. The van der Waals surface area contributed by atoms with E-state index in [-0.39, 0.29) is 5.25 Å². The highest BCUT2D eigenvalue weighted by Crippen LogP contribution is 2.29. The number of aromatic nitrogens is 2. The smallest absolute Gasteiger partial charge is 0.174 e. The van der Waals surface area contributed by atoms with Crippen LogP contribution in [0.5, 0.6) is 0 Å². The van der Waals surface area contributed by atoms with E-state index in [9.17, 15) is 0 Å². The summed E-state index contributed by atoms with van der Waals surface area (Å²) in [6, 6.07) is 20.4. The number of hydrogen-bond donors (Lipinski definition) is 0. The summed E-state index contributed by atoms with van der Waals surface area (Å²) < 4.78 is 2.10. The Morgan fingerprint density at radius 2 is 1.80 bits per heavy atom. The number of benzene rings is 2. The molecule has 0 spiro atoms. The molecule has 98 valence electrons. The Kier molecular flexibility index (Phi) is 3.44. The van der Waals surface area contributed by atoms with Crippen molar-refractivity contribution in [3.8, 4) is 11.8 Å². The Labute approximate surface area is 121 Å². The molecular formula is C16H13N3S. The highest BCUT2D eigenvalue weighted by molar-refractivity contribution is 8.00. The maximum atomic E-state index is 9.02. The summed E-state index contributed by atoms with van der Waals surface area (Å²) in [5, 5.41) is 9.75. The number of rotatable bonds is 3. The minimum absolute atomic E-state index is 0.130. The van der Waals surface area contributed by atoms with E-state index < -0.39 is 0 Å². The molecule has 4 heteroatoms. The zero-order valence-corrected chi connectivity index (χ0v) is 11.8. The van der Waals surface area contributed by atoms with E-state index in [2.05, 4.69) is 33.8 Å². The molecule has 1 atom stereocenters. The van der Waals surface area contributed by atoms with E-state index >= 15 is 0 Å². The number of para-hydroxylation sites is 3. The Morgan fingerprint density at radius 1 is 1.10 bits per heavy atom. The molecule has 0 aliphatic heterocycles. The molecule has 0 saturated carbocycles. The Bertz CT molecular complexity index is 771. The highest BCUT2D eigenvalue weighted by Gasteiger charge is 2.14. The number of fused-ring (bicyclic) bond motifs is 1. The van der Waals surface area contributed by atoms with Crippen LogP contribution in [0.4, 0.5) is 0 Å². The largest absolute Gasteiger partial charge is 0.287 e. The molecule has 0 bridgehead atoms. The van der Waals surface area contributed by atoms with Crippen LogP contribution in [-0.4, -0.2) is 14.8 Å². The maximum Gasteiger partial charge on any atom is 0.174 e. The molecule has 3 rings (SSSR count). The average molecular weight is 279 g/mol. The third-order valence-corrected chi connectivity index (χ3v) is 3.95. The second-order valence-electron chi connectivity index (χ2n) is 4.44. The highest BCUT2D eigenvalue weighted by atomic mass is 32.2. The molecule has 2 aromatic carbocycles. The topological polar surface area (TPSA) is 41.6 Å². The first-order valence-corrected chi connectivity index (χ1v) is 7.27. The zero-order chi connectivity index (χ0) is 13.9. The van der Waals surface area contributed by atoms with Gasteiger partial charge < -0.3 is 0 Å². The summed E-state index contributed by atoms with van der Waals surface area (Å²) in [5.41, 5.74) is 3.07. The zero-order valence-electron chi connectivity index (χ0n) is 11.0. The van der Waals surface area contributed by atoms with Gasteiger partial charge in [-0.1, -0.05) is 42.1 Å². The van der Waals surface area contributed by atoms with Crippen molar-refractivity contribution in [1.82, 2.24) is 9.55 Å². The summed E-state index contributed by atoms with van der Waals surface area (Å²) in [7, 11) is 0. The van der Waals surface area contributed by atoms with Crippen molar-refractivity contribution in [2.45, 2.75) is 17.3 Å². The fraction of sp³-hybridized carbons (Fsp3) is 0.125. The van der Waals surface area contributed by atoms with Gasteiger partial charge in [0.05, 0.1) is 22.4 Å². The van der Waals surface area contributed by atoms with E-state index in [0.717, 1.165) is 21.9 Å². The van der Waals surface area contributed by atoms with Crippen molar-refractivity contribution in [2.75, 3.05) is 0 Å². The van der Waals surface area contributed by atoms with Crippen LogP contribution in [0.1, 0.15) is 6.92 Å². The second-order valence-corrected chi connectivity index (χ2v) is 5.75. The van der Waals surface area contributed by atoms with Gasteiger partial charge in [0.1, 0.15) is 0 Å². The molecule has 3 nitrogen and oxygen atoms in total. The molecule has 0 aliphatic carbocycles. The van der Waals surface area contributed by atoms with E-state index in [1.165, 1.54) is 11.8 Å². The molecule has 0 fully saturated rings. The lowest BCUT2D eigenvalue weighted by Gasteiger charge is -2.09. The predicted octanol–water partition coefficient (Wildman–Crippen LogP) is 4.03. The lowest BCUT2D eigenvalue weighted by Crippen LogP contribution is -1.99. The molecule has 0 radical (unpaired) electrons. The monoisotopic (exact) mass is 279 g/mol. The number of thioether (sulfide) groups is 1. The first kappa shape index (κ1) is 12.8. The molecule has 1 heterocycles. The first-order valence-electron chi connectivity index (χ1n) is 6.39. The molecule has 0 N–H and O–H groups in total. The molecule has 0 amide bonds. The quantitative estimate of drug-likeness (QED) is 0.680.